The van der Waals surface area contributed by atoms with Gasteiger partial charge in [-0.25, -0.2) is 4.79 Å². The van der Waals surface area contributed by atoms with Crippen molar-refractivity contribution in [2.45, 2.75) is 49.7 Å². The molecule has 3 aromatic carbocycles. The number of para-hydroxylation sites is 2. The summed E-state index contributed by atoms with van der Waals surface area (Å²) in [5.74, 6) is 0.798. The minimum absolute atomic E-state index is 0.0158. The van der Waals surface area contributed by atoms with Gasteiger partial charge in [0.05, 0.1) is 24.9 Å². The third kappa shape index (κ3) is 7.44. The van der Waals surface area contributed by atoms with Gasteiger partial charge in [-0.15, -0.1) is 0 Å². The van der Waals surface area contributed by atoms with Crippen LogP contribution in [0.15, 0.2) is 78.9 Å². The smallest absolute Gasteiger partial charge is 0.407 e. The van der Waals surface area contributed by atoms with E-state index in [0.717, 1.165) is 31.5 Å². The minimum atomic E-state index is -1.00. The summed E-state index contributed by atoms with van der Waals surface area (Å²) in [5.41, 5.74) is 3.66. The summed E-state index contributed by atoms with van der Waals surface area (Å²) in [6.07, 6.45) is 0.762. The first-order valence-corrected chi connectivity index (χ1v) is 16.5. The topological polar surface area (TPSA) is 109 Å². The number of amides is 3. The Hall–Kier alpha value is -4.41. The number of methoxy groups -OCH3 is 1. The average Bonchev–Trinajstić information content (AvgIpc) is 3.12. The Balaban J connectivity index is 1.11. The molecule has 0 saturated carbocycles. The molecule has 47 heavy (non-hydrogen) atoms. The van der Waals surface area contributed by atoms with E-state index in [0.29, 0.717) is 55.5 Å². The van der Waals surface area contributed by atoms with Crippen LogP contribution in [0.2, 0.25) is 0 Å². The first-order valence-electron chi connectivity index (χ1n) is 16.5. The average molecular weight is 642 g/mol. The second-order valence-electron chi connectivity index (χ2n) is 12.5. The van der Waals surface area contributed by atoms with E-state index >= 15 is 0 Å². The molecule has 3 aliphatic rings. The number of fused-ring (bicyclic) bond motifs is 1. The van der Waals surface area contributed by atoms with E-state index in [4.69, 9.17) is 14.2 Å². The second kappa shape index (κ2) is 15.0. The lowest BCUT2D eigenvalue weighted by Crippen LogP contribution is -2.51. The predicted molar refractivity (Wildman–Crippen MR) is 177 cm³/mol. The lowest BCUT2D eigenvalue weighted by Gasteiger charge is -2.39. The van der Waals surface area contributed by atoms with Gasteiger partial charge in [-0.05, 0) is 67.0 Å². The van der Waals surface area contributed by atoms with Gasteiger partial charge in [0.2, 0.25) is 6.10 Å². The molecule has 0 bridgehead atoms. The van der Waals surface area contributed by atoms with E-state index in [9.17, 15) is 19.5 Å². The molecule has 0 spiro atoms. The van der Waals surface area contributed by atoms with E-state index < -0.39 is 18.3 Å². The highest BCUT2D eigenvalue weighted by Crippen LogP contribution is 2.36. The molecule has 3 aliphatic heterocycles. The molecule has 2 saturated heterocycles. The van der Waals surface area contributed by atoms with Crippen molar-refractivity contribution in [2.24, 2.45) is 0 Å². The standard InChI is InChI=1S/C37H43N3O7/c1-45-23-7-19-40-31-10-5-6-11-32(31)47-34(36(40)42)25-46-33-24-39(37(43)44)22-18-30(33)28-12-14-29(15-13-28)35(41)38-20-16-27(17-21-38)26-8-3-2-4-9-26/h2-6,8-15,27,30,33-34H,7,16-25H2,1H3,(H,43,44). The van der Waals surface area contributed by atoms with Crippen LogP contribution in [0.1, 0.15) is 59.0 Å². The molecule has 3 unspecified atom stereocenters. The number of carbonyl (C=O) groups excluding carboxylic acids is 2. The largest absolute Gasteiger partial charge is 0.476 e. The molecule has 3 amide bonds. The predicted octanol–water partition coefficient (Wildman–Crippen LogP) is 5.39. The van der Waals surface area contributed by atoms with Crippen molar-refractivity contribution in [3.05, 3.63) is 95.6 Å². The van der Waals surface area contributed by atoms with Crippen molar-refractivity contribution in [1.82, 2.24) is 9.80 Å². The van der Waals surface area contributed by atoms with Gasteiger partial charge in [0.25, 0.3) is 11.8 Å². The number of hydrogen-bond donors (Lipinski definition) is 1. The Bertz CT molecular complexity index is 1520. The van der Waals surface area contributed by atoms with Gasteiger partial charge in [0, 0.05) is 51.4 Å². The van der Waals surface area contributed by atoms with Crippen molar-refractivity contribution in [1.29, 1.82) is 0 Å². The summed E-state index contributed by atoms with van der Waals surface area (Å²) >= 11 is 0. The second-order valence-corrected chi connectivity index (χ2v) is 12.5. The molecule has 0 aliphatic carbocycles. The monoisotopic (exact) mass is 641 g/mol. The maximum absolute atomic E-state index is 13.5. The number of ether oxygens (including phenoxy) is 3. The fraction of sp³-hybridized carbons (Fsp3) is 0.432. The molecule has 10 heteroatoms. The molecule has 6 rings (SSSR count). The quantitative estimate of drug-likeness (QED) is 0.296. The van der Waals surface area contributed by atoms with Crippen LogP contribution in [0, 0.1) is 0 Å². The molecule has 3 heterocycles. The van der Waals surface area contributed by atoms with Crippen LogP contribution < -0.4 is 9.64 Å². The minimum Gasteiger partial charge on any atom is -0.476 e. The van der Waals surface area contributed by atoms with Gasteiger partial charge in [0.15, 0.2) is 0 Å². The van der Waals surface area contributed by atoms with Gasteiger partial charge in [-0.3, -0.25) is 9.59 Å². The molecule has 248 valence electrons. The molecule has 2 fully saturated rings. The van der Waals surface area contributed by atoms with E-state index in [2.05, 4.69) is 24.3 Å². The van der Waals surface area contributed by atoms with Crippen molar-refractivity contribution in [3.8, 4) is 5.75 Å². The molecule has 0 radical (unpaired) electrons. The summed E-state index contributed by atoms with van der Waals surface area (Å²) in [7, 11) is 1.63. The molecule has 0 aromatic heterocycles. The highest BCUT2D eigenvalue weighted by molar-refractivity contribution is 6.00. The third-order valence-corrected chi connectivity index (χ3v) is 9.63. The number of piperidine rings is 2. The summed E-state index contributed by atoms with van der Waals surface area (Å²) < 4.78 is 17.7. The van der Waals surface area contributed by atoms with Crippen LogP contribution in [0.3, 0.4) is 0 Å². The zero-order valence-corrected chi connectivity index (χ0v) is 26.8. The van der Waals surface area contributed by atoms with Gasteiger partial charge in [0.1, 0.15) is 5.75 Å². The molecular formula is C37H43N3O7. The van der Waals surface area contributed by atoms with Crippen LogP contribution in [0.25, 0.3) is 0 Å². The highest BCUT2D eigenvalue weighted by Gasteiger charge is 2.38. The van der Waals surface area contributed by atoms with Crippen molar-refractivity contribution in [3.63, 3.8) is 0 Å². The molecule has 3 atom stereocenters. The lowest BCUT2D eigenvalue weighted by atomic mass is 9.86. The van der Waals surface area contributed by atoms with E-state index in [1.807, 2.05) is 59.5 Å². The summed E-state index contributed by atoms with van der Waals surface area (Å²) in [6, 6.07) is 25.6. The molecule has 1 N–H and O–H groups in total. The van der Waals surface area contributed by atoms with Crippen molar-refractivity contribution in [2.75, 3.05) is 57.9 Å². The number of anilines is 1. The number of likely N-dealkylation sites (tertiary alicyclic amines) is 2. The summed E-state index contributed by atoms with van der Waals surface area (Å²) in [4.78, 5) is 43.8. The number of hydrogen-bond acceptors (Lipinski definition) is 6. The van der Waals surface area contributed by atoms with Crippen LogP contribution in [0.5, 0.6) is 5.75 Å². The Morgan fingerprint density at radius 3 is 2.30 bits per heavy atom. The van der Waals surface area contributed by atoms with Crippen LogP contribution in [0.4, 0.5) is 10.5 Å². The Morgan fingerprint density at radius 1 is 0.872 bits per heavy atom. The lowest BCUT2D eigenvalue weighted by molar-refractivity contribution is -0.131. The normalized spacial score (nSPS) is 21.7. The third-order valence-electron chi connectivity index (χ3n) is 9.63. The van der Waals surface area contributed by atoms with E-state index in [1.165, 1.54) is 10.5 Å². The summed E-state index contributed by atoms with van der Waals surface area (Å²) in [6.45, 7) is 2.98. The SMILES string of the molecule is COCCCN1C(=O)C(COC2CN(C(=O)O)CCC2c2ccc(C(=O)N3CCC(c4ccccc4)CC3)cc2)Oc2ccccc21. The Morgan fingerprint density at radius 2 is 1.57 bits per heavy atom. The number of benzene rings is 3. The molecule has 10 nitrogen and oxygen atoms in total. The fourth-order valence-electron chi connectivity index (χ4n) is 7.03. The van der Waals surface area contributed by atoms with Crippen molar-refractivity contribution < 1.29 is 33.7 Å². The number of carboxylic acid groups (broad SMARTS) is 1. The number of nitrogens with zero attached hydrogens (tertiary/aromatic N) is 3. The fourth-order valence-corrected chi connectivity index (χ4v) is 7.03. The van der Waals surface area contributed by atoms with Gasteiger partial charge >= 0.3 is 6.09 Å². The Labute approximate surface area is 275 Å². The summed E-state index contributed by atoms with van der Waals surface area (Å²) in [5, 5.41) is 9.75. The van der Waals surface area contributed by atoms with Gasteiger partial charge < -0.3 is 34.0 Å². The number of rotatable bonds is 10. The Kier molecular flexibility index (Phi) is 10.4. The molecule has 3 aromatic rings. The molecular weight excluding hydrogens is 598 g/mol. The maximum atomic E-state index is 13.5. The van der Waals surface area contributed by atoms with E-state index in [-0.39, 0.29) is 30.9 Å². The van der Waals surface area contributed by atoms with Crippen LogP contribution >= 0.6 is 0 Å². The van der Waals surface area contributed by atoms with Gasteiger partial charge in [-0.1, -0.05) is 54.6 Å². The highest BCUT2D eigenvalue weighted by atomic mass is 16.5. The first kappa shape index (κ1) is 32.5. The van der Waals surface area contributed by atoms with Crippen LogP contribution in [-0.2, 0) is 14.3 Å². The number of carbonyl (C=O) groups is 3. The maximum Gasteiger partial charge on any atom is 0.407 e. The van der Waals surface area contributed by atoms with Crippen molar-refractivity contribution >= 4 is 23.6 Å². The zero-order valence-electron chi connectivity index (χ0n) is 26.8. The first-order chi connectivity index (χ1) is 22.9. The van der Waals surface area contributed by atoms with Gasteiger partial charge in [-0.2, -0.15) is 0 Å². The zero-order chi connectivity index (χ0) is 32.8. The van der Waals surface area contributed by atoms with E-state index in [1.54, 1.807) is 12.0 Å². The van der Waals surface area contributed by atoms with Crippen LogP contribution in [-0.4, -0.2) is 98.1 Å².